The molecule has 8 rings (SSSR count). The molecular weight excluding hydrogens is 673 g/mol. The van der Waals surface area contributed by atoms with Gasteiger partial charge in [0, 0.05) is 12.2 Å². The Balaban J connectivity index is 0.000000287. The van der Waals surface area contributed by atoms with E-state index in [-0.39, 0.29) is 26.4 Å². The molecule has 0 amide bonds. The summed E-state index contributed by atoms with van der Waals surface area (Å²) in [4.78, 5) is 22.6. The molecule has 6 aromatic carbocycles. The summed E-state index contributed by atoms with van der Waals surface area (Å²) in [7, 11) is 0. The lowest BCUT2D eigenvalue weighted by molar-refractivity contribution is -0.139. The maximum Gasteiger partial charge on any atom is 0.330 e. The van der Waals surface area contributed by atoms with Crippen molar-refractivity contribution in [3.05, 3.63) is 204 Å². The number of ether oxygens (including phenoxy) is 4. The number of fused-ring (bicyclic) bond motifs is 6. The van der Waals surface area contributed by atoms with Crippen LogP contribution in [0.25, 0.3) is 22.3 Å². The van der Waals surface area contributed by atoms with Gasteiger partial charge in [-0.2, -0.15) is 0 Å². The van der Waals surface area contributed by atoms with E-state index in [1.54, 1.807) is 0 Å². The van der Waals surface area contributed by atoms with E-state index in [1.165, 1.54) is 44.5 Å². The van der Waals surface area contributed by atoms with Crippen molar-refractivity contribution in [2.45, 2.75) is 11.8 Å². The van der Waals surface area contributed by atoms with E-state index < -0.39 is 17.4 Å². The number of benzene rings is 6. The van der Waals surface area contributed by atoms with Gasteiger partial charge in [0.15, 0.2) is 0 Å². The van der Waals surface area contributed by atoms with Crippen LogP contribution >= 0.6 is 0 Å². The Morgan fingerprint density at radius 2 is 0.852 bits per heavy atom. The van der Waals surface area contributed by atoms with Gasteiger partial charge < -0.3 is 18.9 Å². The van der Waals surface area contributed by atoms with Gasteiger partial charge in [-0.1, -0.05) is 134 Å². The molecule has 2 aliphatic rings. The standard InChI is InChI=1S/C35H30O6.C13H10/c1-3-33(36)40-23-21-38-27-17-13-25(14-18-27)35(26-15-19-28(20-16-26)39-22-24-41-34(37)4-2)31-11-7-5-9-29(31)30-10-6-8-12-32(30)35;1-3-7-12-10(5-1)9-11-6-2-4-8-13(11)12/h3-20H,1-2,21-24H2;1-8H,9H2. The highest BCUT2D eigenvalue weighted by Gasteiger charge is 2.45. The van der Waals surface area contributed by atoms with Crippen LogP contribution in [-0.4, -0.2) is 38.4 Å². The summed E-state index contributed by atoms with van der Waals surface area (Å²) in [6.07, 6.45) is 3.36. The lowest BCUT2D eigenvalue weighted by atomic mass is 9.68. The van der Waals surface area contributed by atoms with Gasteiger partial charge in [0.2, 0.25) is 0 Å². The van der Waals surface area contributed by atoms with Crippen LogP contribution in [0.4, 0.5) is 0 Å². The van der Waals surface area contributed by atoms with Gasteiger partial charge >= 0.3 is 11.9 Å². The molecule has 0 spiro atoms. The zero-order valence-corrected chi connectivity index (χ0v) is 29.9. The molecule has 0 fully saturated rings. The fourth-order valence-corrected chi connectivity index (χ4v) is 7.43. The normalized spacial score (nSPS) is 12.4. The minimum absolute atomic E-state index is 0.141. The Morgan fingerprint density at radius 1 is 0.481 bits per heavy atom. The molecule has 0 N–H and O–H groups in total. The number of hydrogen-bond acceptors (Lipinski definition) is 6. The van der Waals surface area contributed by atoms with Crippen LogP contribution in [0.5, 0.6) is 11.5 Å². The summed E-state index contributed by atoms with van der Waals surface area (Å²) in [6, 6.07) is 50.4. The molecule has 268 valence electrons. The summed E-state index contributed by atoms with van der Waals surface area (Å²) in [5, 5.41) is 0. The SMILES string of the molecule is C=CC(=O)OCCOc1ccc(C2(c3ccc(OCCOC(=O)C=C)cc3)c3ccccc3-c3ccccc32)cc1.c1ccc2c(c1)Cc1ccccc1-2. The number of hydrogen-bond donors (Lipinski definition) is 0. The average molecular weight is 713 g/mol. The first kappa shape index (κ1) is 35.7. The Bertz CT molecular complexity index is 2120. The zero-order chi connectivity index (χ0) is 37.3. The molecule has 6 nitrogen and oxygen atoms in total. The first-order chi connectivity index (χ1) is 26.5. The van der Waals surface area contributed by atoms with E-state index in [9.17, 15) is 9.59 Å². The van der Waals surface area contributed by atoms with Crippen LogP contribution in [0, 0.1) is 0 Å². The van der Waals surface area contributed by atoms with Crippen LogP contribution in [0.1, 0.15) is 33.4 Å². The Hall–Kier alpha value is -6.66. The van der Waals surface area contributed by atoms with Crippen molar-refractivity contribution < 1.29 is 28.5 Å². The Labute approximate surface area is 315 Å². The van der Waals surface area contributed by atoms with Crippen molar-refractivity contribution in [2.24, 2.45) is 0 Å². The van der Waals surface area contributed by atoms with E-state index in [2.05, 4.69) is 134 Å². The second-order valence-corrected chi connectivity index (χ2v) is 12.8. The fraction of sp³-hybridized carbons (Fsp3) is 0.125. The zero-order valence-electron chi connectivity index (χ0n) is 29.9. The van der Waals surface area contributed by atoms with Crippen LogP contribution in [0.3, 0.4) is 0 Å². The molecule has 54 heavy (non-hydrogen) atoms. The smallest absolute Gasteiger partial charge is 0.330 e. The molecular formula is C48H40O6. The summed E-state index contributed by atoms with van der Waals surface area (Å²) < 4.78 is 21.6. The summed E-state index contributed by atoms with van der Waals surface area (Å²) in [5.74, 6) is 0.409. The first-order valence-corrected chi connectivity index (χ1v) is 17.9. The monoisotopic (exact) mass is 712 g/mol. The van der Waals surface area contributed by atoms with E-state index in [4.69, 9.17) is 18.9 Å². The summed E-state index contributed by atoms with van der Waals surface area (Å²) >= 11 is 0. The highest BCUT2D eigenvalue weighted by atomic mass is 16.6. The Morgan fingerprint density at radius 3 is 1.26 bits per heavy atom. The third kappa shape index (κ3) is 7.19. The van der Waals surface area contributed by atoms with Crippen molar-refractivity contribution >= 4 is 11.9 Å². The molecule has 0 saturated carbocycles. The van der Waals surface area contributed by atoms with Gasteiger partial charge in [-0.25, -0.2) is 9.59 Å². The highest BCUT2D eigenvalue weighted by Crippen LogP contribution is 2.56. The second-order valence-electron chi connectivity index (χ2n) is 12.8. The lowest BCUT2D eigenvalue weighted by Gasteiger charge is -2.34. The molecule has 0 atom stereocenters. The third-order valence-electron chi connectivity index (χ3n) is 9.76. The summed E-state index contributed by atoms with van der Waals surface area (Å²) in [6.45, 7) is 7.56. The van der Waals surface area contributed by atoms with Gasteiger partial charge in [0.1, 0.15) is 37.9 Å². The fourth-order valence-electron chi connectivity index (χ4n) is 7.43. The van der Waals surface area contributed by atoms with Crippen molar-refractivity contribution in [1.29, 1.82) is 0 Å². The maximum atomic E-state index is 11.3. The number of carbonyl (C=O) groups is 2. The average Bonchev–Trinajstić information content (AvgIpc) is 3.76. The quantitative estimate of drug-likeness (QED) is 0.0714. The molecule has 2 aliphatic carbocycles. The first-order valence-electron chi connectivity index (χ1n) is 17.9. The van der Waals surface area contributed by atoms with Crippen LogP contribution in [0.2, 0.25) is 0 Å². The van der Waals surface area contributed by atoms with E-state index in [0.29, 0.717) is 11.5 Å². The molecule has 0 radical (unpaired) electrons. The van der Waals surface area contributed by atoms with Crippen LogP contribution < -0.4 is 9.47 Å². The van der Waals surface area contributed by atoms with E-state index in [1.807, 2.05) is 24.3 Å². The van der Waals surface area contributed by atoms with Gasteiger partial charge in [0.25, 0.3) is 0 Å². The predicted molar refractivity (Wildman–Crippen MR) is 212 cm³/mol. The highest BCUT2D eigenvalue weighted by molar-refractivity contribution is 5.86. The van der Waals surface area contributed by atoms with Gasteiger partial charge in [-0.15, -0.1) is 0 Å². The third-order valence-corrected chi connectivity index (χ3v) is 9.76. The number of rotatable bonds is 12. The number of esters is 2. The largest absolute Gasteiger partial charge is 0.490 e. The van der Waals surface area contributed by atoms with Crippen molar-refractivity contribution in [1.82, 2.24) is 0 Å². The van der Waals surface area contributed by atoms with Gasteiger partial charge in [-0.05, 0) is 86.3 Å². The lowest BCUT2D eigenvalue weighted by Crippen LogP contribution is -2.28. The van der Waals surface area contributed by atoms with E-state index in [0.717, 1.165) is 29.7 Å². The molecule has 6 aromatic rings. The van der Waals surface area contributed by atoms with E-state index >= 15 is 0 Å². The van der Waals surface area contributed by atoms with Crippen LogP contribution in [-0.2, 0) is 30.9 Å². The number of carbonyl (C=O) groups excluding carboxylic acids is 2. The van der Waals surface area contributed by atoms with Crippen molar-refractivity contribution in [3.8, 4) is 33.8 Å². The minimum Gasteiger partial charge on any atom is -0.490 e. The molecule has 0 aromatic heterocycles. The topological polar surface area (TPSA) is 71.1 Å². The molecule has 0 aliphatic heterocycles. The van der Waals surface area contributed by atoms with Gasteiger partial charge in [-0.3, -0.25) is 0 Å². The summed E-state index contributed by atoms with van der Waals surface area (Å²) in [5.41, 5.74) is 12.1. The Kier molecular flexibility index (Phi) is 10.8. The van der Waals surface area contributed by atoms with Crippen LogP contribution in [0.15, 0.2) is 171 Å². The van der Waals surface area contributed by atoms with Crippen molar-refractivity contribution in [3.63, 3.8) is 0 Å². The predicted octanol–water partition coefficient (Wildman–Crippen LogP) is 9.52. The molecule has 0 unspecified atom stereocenters. The van der Waals surface area contributed by atoms with Crippen molar-refractivity contribution in [2.75, 3.05) is 26.4 Å². The molecule has 0 heterocycles. The molecule has 0 bridgehead atoms. The maximum absolute atomic E-state index is 11.3. The molecule has 6 heteroatoms. The molecule has 0 saturated heterocycles. The minimum atomic E-state index is -0.566. The second kappa shape index (κ2) is 16.3. The van der Waals surface area contributed by atoms with Gasteiger partial charge in [0.05, 0.1) is 5.41 Å².